The first kappa shape index (κ1) is 20.7. The lowest BCUT2D eigenvalue weighted by molar-refractivity contribution is 0.0900. The first-order chi connectivity index (χ1) is 15.0. The summed E-state index contributed by atoms with van der Waals surface area (Å²) < 4.78 is 16.0. The molecule has 0 bridgehead atoms. The minimum absolute atomic E-state index is 0.0366. The van der Waals surface area contributed by atoms with Crippen LogP contribution >= 0.6 is 0 Å². The lowest BCUT2D eigenvalue weighted by Crippen LogP contribution is -2.37. The van der Waals surface area contributed by atoms with Gasteiger partial charge in [-0.2, -0.15) is 4.98 Å². The van der Waals surface area contributed by atoms with Gasteiger partial charge in [0.15, 0.2) is 17.3 Å². The molecule has 4 rings (SSSR count). The Morgan fingerprint density at radius 3 is 2.39 bits per heavy atom. The second-order valence-corrected chi connectivity index (χ2v) is 7.49. The van der Waals surface area contributed by atoms with Crippen molar-refractivity contribution in [1.82, 2.24) is 9.97 Å². The quantitative estimate of drug-likeness (QED) is 0.604. The van der Waals surface area contributed by atoms with Crippen LogP contribution in [0.5, 0.6) is 17.2 Å². The Bertz CT molecular complexity index is 1110. The zero-order chi connectivity index (χ0) is 22.0. The Morgan fingerprint density at radius 1 is 1.00 bits per heavy atom. The van der Waals surface area contributed by atoms with E-state index < -0.39 is 0 Å². The number of aromatic nitrogens is 2. The third kappa shape index (κ3) is 4.05. The standard InChI is InChI=1S/C23H26N4O4/c1-29-16-6-4-5-15(11-16)21(28)14-7-9-27(10-8-14)23-25-18-13-20(31-3)19(30-2)12-17(18)22(24)26-23/h4-6,11-14H,7-10H2,1-3H3,(H2,24,25,26). The van der Waals surface area contributed by atoms with Gasteiger partial charge in [0.25, 0.3) is 0 Å². The minimum atomic E-state index is -0.0366. The molecular weight excluding hydrogens is 396 g/mol. The molecule has 0 spiro atoms. The van der Waals surface area contributed by atoms with Gasteiger partial charge in [-0.15, -0.1) is 0 Å². The molecule has 0 saturated carbocycles. The van der Waals surface area contributed by atoms with Gasteiger partial charge in [-0.05, 0) is 31.0 Å². The highest BCUT2D eigenvalue weighted by molar-refractivity contribution is 5.98. The number of piperidine rings is 1. The number of ketones is 1. The monoisotopic (exact) mass is 422 g/mol. The first-order valence-corrected chi connectivity index (χ1v) is 10.2. The van der Waals surface area contributed by atoms with Crippen molar-refractivity contribution in [2.75, 3.05) is 45.1 Å². The van der Waals surface area contributed by atoms with Crippen molar-refractivity contribution in [3.8, 4) is 17.2 Å². The van der Waals surface area contributed by atoms with Crippen LogP contribution < -0.4 is 24.8 Å². The Morgan fingerprint density at radius 2 is 1.71 bits per heavy atom. The van der Waals surface area contributed by atoms with Crippen LogP contribution in [-0.4, -0.2) is 50.2 Å². The van der Waals surface area contributed by atoms with Crippen molar-refractivity contribution < 1.29 is 19.0 Å². The molecule has 0 atom stereocenters. The number of methoxy groups -OCH3 is 3. The molecule has 1 aromatic heterocycles. The minimum Gasteiger partial charge on any atom is -0.497 e. The summed E-state index contributed by atoms with van der Waals surface area (Å²) in [7, 11) is 4.76. The zero-order valence-electron chi connectivity index (χ0n) is 17.9. The number of hydrogen-bond donors (Lipinski definition) is 1. The number of anilines is 2. The van der Waals surface area contributed by atoms with E-state index in [4.69, 9.17) is 24.9 Å². The summed E-state index contributed by atoms with van der Waals surface area (Å²) in [6.07, 6.45) is 1.45. The number of Topliss-reactive ketones (excluding diaryl/α,β-unsaturated/α-hetero) is 1. The molecule has 3 aromatic rings. The number of nitrogens with two attached hydrogens (primary N) is 1. The highest BCUT2D eigenvalue weighted by atomic mass is 16.5. The third-order valence-corrected chi connectivity index (χ3v) is 5.72. The van der Waals surface area contributed by atoms with Gasteiger partial charge < -0.3 is 24.8 Å². The molecule has 8 heteroatoms. The SMILES string of the molecule is COc1cccc(C(=O)C2CCN(c3nc(N)c4cc(OC)c(OC)cc4n3)CC2)c1. The van der Waals surface area contributed by atoms with Crippen molar-refractivity contribution in [1.29, 1.82) is 0 Å². The largest absolute Gasteiger partial charge is 0.497 e. The number of carbonyl (C=O) groups excluding carboxylic acids is 1. The van der Waals surface area contributed by atoms with Crippen molar-refractivity contribution in [2.45, 2.75) is 12.8 Å². The molecule has 1 fully saturated rings. The Hall–Kier alpha value is -3.55. The number of rotatable bonds is 6. The lowest BCUT2D eigenvalue weighted by atomic mass is 9.89. The van der Waals surface area contributed by atoms with E-state index in [1.165, 1.54) is 0 Å². The number of nitrogens with zero attached hydrogens (tertiary/aromatic N) is 3. The maximum absolute atomic E-state index is 12.9. The highest BCUT2D eigenvalue weighted by Crippen LogP contribution is 2.34. The number of hydrogen-bond acceptors (Lipinski definition) is 8. The summed E-state index contributed by atoms with van der Waals surface area (Å²) in [6, 6.07) is 10.9. The topological polar surface area (TPSA) is 99.8 Å². The summed E-state index contributed by atoms with van der Waals surface area (Å²) >= 11 is 0. The van der Waals surface area contributed by atoms with E-state index in [1.807, 2.05) is 18.2 Å². The van der Waals surface area contributed by atoms with Crippen LogP contribution in [0.15, 0.2) is 36.4 Å². The fourth-order valence-corrected chi connectivity index (χ4v) is 3.96. The van der Waals surface area contributed by atoms with Gasteiger partial charge in [-0.3, -0.25) is 4.79 Å². The van der Waals surface area contributed by atoms with Crippen molar-refractivity contribution in [2.24, 2.45) is 5.92 Å². The molecule has 2 aromatic carbocycles. The van der Waals surface area contributed by atoms with Gasteiger partial charge in [0.1, 0.15) is 11.6 Å². The Kier molecular flexibility index (Phi) is 5.79. The summed E-state index contributed by atoms with van der Waals surface area (Å²) in [4.78, 5) is 24.2. The van der Waals surface area contributed by atoms with Gasteiger partial charge in [-0.25, -0.2) is 4.98 Å². The van der Waals surface area contributed by atoms with Gasteiger partial charge in [0.2, 0.25) is 5.95 Å². The highest BCUT2D eigenvalue weighted by Gasteiger charge is 2.27. The third-order valence-electron chi connectivity index (χ3n) is 5.72. The van der Waals surface area contributed by atoms with Crippen LogP contribution in [0.25, 0.3) is 10.9 Å². The number of ether oxygens (including phenoxy) is 3. The predicted molar refractivity (Wildman–Crippen MR) is 119 cm³/mol. The van der Waals surface area contributed by atoms with Crippen molar-refractivity contribution >= 4 is 28.5 Å². The molecule has 31 heavy (non-hydrogen) atoms. The van der Waals surface area contributed by atoms with Gasteiger partial charge in [0, 0.05) is 36.0 Å². The number of carbonyl (C=O) groups is 1. The first-order valence-electron chi connectivity index (χ1n) is 10.2. The molecule has 2 heterocycles. The van der Waals surface area contributed by atoms with Crippen molar-refractivity contribution in [3.63, 3.8) is 0 Å². The van der Waals surface area contributed by atoms with E-state index in [0.29, 0.717) is 58.6 Å². The van der Waals surface area contributed by atoms with E-state index in [-0.39, 0.29) is 11.7 Å². The predicted octanol–water partition coefficient (Wildman–Crippen LogP) is 3.34. The number of nitrogen functional groups attached to an aromatic ring is 1. The number of benzene rings is 2. The Balaban J connectivity index is 1.52. The molecule has 162 valence electrons. The molecule has 1 saturated heterocycles. The molecule has 2 N–H and O–H groups in total. The lowest BCUT2D eigenvalue weighted by Gasteiger charge is -2.31. The average molecular weight is 422 g/mol. The van der Waals surface area contributed by atoms with Crippen LogP contribution in [0.3, 0.4) is 0 Å². The smallest absolute Gasteiger partial charge is 0.227 e. The molecule has 0 radical (unpaired) electrons. The van der Waals surface area contributed by atoms with Gasteiger partial charge in [-0.1, -0.05) is 12.1 Å². The van der Waals surface area contributed by atoms with Crippen LogP contribution in [0.1, 0.15) is 23.2 Å². The van der Waals surface area contributed by atoms with E-state index in [0.717, 1.165) is 12.8 Å². The van der Waals surface area contributed by atoms with Crippen LogP contribution in [0.2, 0.25) is 0 Å². The fraction of sp³-hybridized carbons (Fsp3) is 0.348. The van der Waals surface area contributed by atoms with E-state index in [1.54, 1.807) is 39.5 Å². The molecule has 1 aliphatic heterocycles. The van der Waals surface area contributed by atoms with Crippen LogP contribution in [0, 0.1) is 5.92 Å². The molecule has 0 aliphatic carbocycles. The molecular formula is C23H26N4O4. The summed E-state index contributed by atoms with van der Waals surface area (Å²) in [6.45, 7) is 1.36. The maximum atomic E-state index is 12.9. The summed E-state index contributed by atoms with van der Waals surface area (Å²) in [5, 5.41) is 0.712. The van der Waals surface area contributed by atoms with Crippen molar-refractivity contribution in [3.05, 3.63) is 42.0 Å². The summed E-state index contributed by atoms with van der Waals surface area (Å²) in [5.41, 5.74) is 7.59. The normalized spacial score (nSPS) is 14.5. The molecule has 0 unspecified atom stereocenters. The fourth-order valence-electron chi connectivity index (χ4n) is 3.96. The Labute approximate surface area is 180 Å². The van der Waals surface area contributed by atoms with Gasteiger partial charge >= 0.3 is 0 Å². The summed E-state index contributed by atoms with van der Waals surface area (Å²) in [5.74, 6) is 2.91. The van der Waals surface area contributed by atoms with Gasteiger partial charge in [0.05, 0.1) is 26.8 Å². The zero-order valence-corrected chi connectivity index (χ0v) is 17.9. The maximum Gasteiger partial charge on any atom is 0.227 e. The van der Waals surface area contributed by atoms with Crippen LogP contribution in [0.4, 0.5) is 11.8 Å². The second kappa shape index (κ2) is 8.67. The van der Waals surface area contributed by atoms with E-state index in [9.17, 15) is 4.79 Å². The van der Waals surface area contributed by atoms with Crippen LogP contribution in [-0.2, 0) is 0 Å². The molecule has 8 nitrogen and oxygen atoms in total. The van der Waals surface area contributed by atoms with E-state index in [2.05, 4.69) is 9.88 Å². The molecule has 1 aliphatic rings. The second-order valence-electron chi connectivity index (χ2n) is 7.49. The molecule has 0 amide bonds. The average Bonchev–Trinajstić information content (AvgIpc) is 2.82. The van der Waals surface area contributed by atoms with E-state index >= 15 is 0 Å². The number of fused-ring (bicyclic) bond motifs is 1.